The SMILES string of the molecule is C#CCNC(=S)N1C[C@H]2CC1[C@H]1C(=O)N(c3ccc(C#N)c4ncccc34)C(=O)N21. The summed E-state index contributed by atoms with van der Waals surface area (Å²) < 4.78 is 0. The normalized spacial score (nSPS) is 24.2. The second kappa shape index (κ2) is 6.68. The first-order valence-corrected chi connectivity index (χ1v) is 9.89. The number of imide groups is 1. The summed E-state index contributed by atoms with van der Waals surface area (Å²) >= 11 is 5.44. The average molecular weight is 416 g/mol. The minimum atomic E-state index is -0.593. The lowest BCUT2D eigenvalue weighted by molar-refractivity contribution is -0.120. The zero-order chi connectivity index (χ0) is 21.0. The number of benzene rings is 1. The zero-order valence-electron chi connectivity index (χ0n) is 15.8. The molecule has 9 heteroatoms. The molecule has 8 nitrogen and oxygen atoms in total. The number of thiocarbonyl (C=S) groups is 1. The van der Waals surface area contributed by atoms with Gasteiger partial charge in [-0.3, -0.25) is 9.78 Å². The van der Waals surface area contributed by atoms with Gasteiger partial charge in [0.25, 0.3) is 5.91 Å². The topological polar surface area (TPSA) is 92.6 Å². The molecule has 0 saturated carbocycles. The fourth-order valence-electron chi connectivity index (χ4n) is 4.78. The van der Waals surface area contributed by atoms with Crippen LogP contribution in [0, 0.1) is 23.7 Å². The number of rotatable bonds is 2. The average Bonchev–Trinajstić information content (AvgIpc) is 3.43. The largest absolute Gasteiger partial charge is 0.352 e. The number of anilines is 1. The third-order valence-electron chi connectivity index (χ3n) is 5.98. The zero-order valence-corrected chi connectivity index (χ0v) is 16.6. The van der Waals surface area contributed by atoms with Crippen molar-refractivity contribution in [2.75, 3.05) is 18.0 Å². The maximum Gasteiger partial charge on any atom is 0.332 e. The molecule has 4 heterocycles. The molecule has 148 valence electrons. The van der Waals surface area contributed by atoms with E-state index >= 15 is 0 Å². The number of pyridine rings is 1. The number of nitrogens with one attached hydrogen (secondary N) is 1. The van der Waals surface area contributed by atoms with Gasteiger partial charge in [-0.15, -0.1) is 6.42 Å². The summed E-state index contributed by atoms with van der Waals surface area (Å²) in [5.41, 5.74) is 1.31. The van der Waals surface area contributed by atoms with Crippen molar-refractivity contribution in [1.29, 1.82) is 5.26 Å². The number of urea groups is 1. The Balaban J connectivity index is 1.52. The number of carbonyl (C=O) groups is 2. The number of fused-ring (bicyclic) bond motifs is 6. The van der Waals surface area contributed by atoms with E-state index in [2.05, 4.69) is 22.3 Å². The third kappa shape index (κ3) is 2.39. The van der Waals surface area contributed by atoms with Crippen molar-refractivity contribution in [2.45, 2.75) is 24.5 Å². The number of hydrogen-bond donors (Lipinski definition) is 1. The van der Waals surface area contributed by atoms with Crippen LogP contribution in [0.1, 0.15) is 12.0 Å². The molecule has 0 aliphatic carbocycles. The number of hydrogen-bond acceptors (Lipinski definition) is 5. The highest BCUT2D eigenvalue weighted by molar-refractivity contribution is 7.80. The molecule has 1 unspecified atom stereocenters. The predicted octanol–water partition coefficient (Wildman–Crippen LogP) is 1.21. The van der Waals surface area contributed by atoms with E-state index in [0.717, 1.165) is 0 Å². The number of piperazine rings is 1. The molecule has 30 heavy (non-hydrogen) atoms. The van der Waals surface area contributed by atoms with Crippen LogP contribution >= 0.6 is 12.2 Å². The summed E-state index contributed by atoms with van der Waals surface area (Å²) in [5, 5.41) is 13.5. The Labute approximate surface area is 178 Å². The van der Waals surface area contributed by atoms with Crippen LogP contribution in [0.3, 0.4) is 0 Å². The Bertz CT molecular complexity index is 1200. The maximum absolute atomic E-state index is 13.4. The molecule has 1 aromatic heterocycles. The van der Waals surface area contributed by atoms with E-state index in [-0.39, 0.29) is 24.0 Å². The van der Waals surface area contributed by atoms with Gasteiger partial charge >= 0.3 is 6.03 Å². The monoisotopic (exact) mass is 416 g/mol. The van der Waals surface area contributed by atoms with Gasteiger partial charge in [0.05, 0.1) is 35.4 Å². The lowest BCUT2D eigenvalue weighted by atomic mass is 10.1. The van der Waals surface area contributed by atoms with E-state index in [0.29, 0.717) is 46.8 Å². The number of aromatic nitrogens is 1. The van der Waals surface area contributed by atoms with Crippen LogP contribution in [0.5, 0.6) is 0 Å². The van der Waals surface area contributed by atoms with Crippen LogP contribution in [0.4, 0.5) is 10.5 Å². The van der Waals surface area contributed by atoms with Gasteiger partial charge in [0, 0.05) is 18.1 Å². The Morgan fingerprint density at radius 1 is 1.37 bits per heavy atom. The van der Waals surface area contributed by atoms with E-state index in [1.165, 1.54) is 4.90 Å². The second-order valence-corrected chi connectivity index (χ2v) is 7.81. The molecule has 0 spiro atoms. The number of terminal acetylenes is 1. The van der Waals surface area contributed by atoms with Crippen molar-refractivity contribution in [3.8, 4) is 18.4 Å². The Hall–Kier alpha value is -3.69. The molecular weight excluding hydrogens is 400 g/mol. The Morgan fingerprint density at radius 2 is 2.20 bits per heavy atom. The molecule has 3 fully saturated rings. The van der Waals surface area contributed by atoms with Crippen LogP contribution < -0.4 is 10.2 Å². The van der Waals surface area contributed by atoms with Crippen molar-refractivity contribution in [3.63, 3.8) is 0 Å². The number of nitrogens with zero attached hydrogens (tertiary/aromatic N) is 5. The number of carbonyl (C=O) groups excluding carboxylic acids is 2. The van der Waals surface area contributed by atoms with Gasteiger partial charge in [-0.25, -0.2) is 9.69 Å². The third-order valence-corrected chi connectivity index (χ3v) is 6.35. The van der Waals surface area contributed by atoms with Crippen LogP contribution in [-0.2, 0) is 4.79 Å². The standard InChI is InChI=1S/C21H16N6O2S/c1-2-7-24-20(30)25-11-13-9-16(25)18-19(28)27(21(29)26(13)18)15-6-5-12(10-22)17-14(15)4-3-8-23-17/h1,3-6,8,13,16,18H,7,9,11H2,(H,24,30)/t13-,16?,18+/m1/s1. The minimum Gasteiger partial charge on any atom is -0.352 e. The van der Waals surface area contributed by atoms with E-state index in [9.17, 15) is 14.9 Å². The maximum atomic E-state index is 13.4. The smallest absolute Gasteiger partial charge is 0.332 e. The first-order chi connectivity index (χ1) is 14.6. The van der Waals surface area contributed by atoms with Crippen molar-refractivity contribution in [1.82, 2.24) is 20.1 Å². The van der Waals surface area contributed by atoms with Gasteiger partial charge in [0.15, 0.2) is 5.11 Å². The fraction of sp³-hybridized carbons (Fsp3) is 0.286. The lowest BCUT2D eigenvalue weighted by Crippen LogP contribution is -2.56. The van der Waals surface area contributed by atoms with Gasteiger partial charge in [0.1, 0.15) is 12.1 Å². The lowest BCUT2D eigenvalue weighted by Gasteiger charge is -2.36. The fourth-order valence-corrected chi connectivity index (χ4v) is 5.07. The summed E-state index contributed by atoms with van der Waals surface area (Å²) in [6, 6.07) is 7.62. The summed E-state index contributed by atoms with van der Waals surface area (Å²) in [6.07, 6.45) is 7.58. The molecule has 3 aliphatic rings. The van der Waals surface area contributed by atoms with E-state index in [1.54, 1.807) is 35.4 Å². The van der Waals surface area contributed by atoms with Crippen molar-refractivity contribution >= 4 is 45.9 Å². The molecule has 3 aliphatic heterocycles. The first-order valence-electron chi connectivity index (χ1n) is 9.49. The van der Waals surface area contributed by atoms with Gasteiger partial charge in [-0.2, -0.15) is 5.26 Å². The molecule has 1 aromatic carbocycles. The van der Waals surface area contributed by atoms with Crippen LogP contribution in [-0.4, -0.2) is 63.0 Å². The minimum absolute atomic E-state index is 0.0881. The van der Waals surface area contributed by atoms with E-state index in [4.69, 9.17) is 18.6 Å². The molecular formula is C21H16N6O2S. The molecule has 2 bridgehead atoms. The molecule has 2 aromatic rings. The Kier molecular flexibility index (Phi) is 4.09. The quantitative estimate of drug-likeness (QED) is 0.447. The Morgan fingerprint density at radius 3 is 2.97 bits per heavy atom. The summed E-state index contributed by atoms with van der Waals surface area (Å²) in [5.74, 6) is 2.20. The van der Waals surface area contributed by atoms with Crippen LogP contribution in [0.2, 0.25) is 0 Å². The highest BCUT2D eigenvalue weighted by Gasteiger charge is 2.62. The number of amides is 3. The predicted molar refractivity (Wildman–Crippen MR) is 113 cm³/mol. The summed E-state index contributed by atoms with van der Waals surface area (Å²) in [4.78, 5) is 35.8. The number of likely N-dealkylation sites (tertiary alicyclic amines) is 1. The van der Waals surface area contributed by atoms with Gasteiger partial charge in [0.2, 0.25) is 0 Å². The molecule has 3 saturated heterocycles. The van der Waals surface area contributed by atoms with Gasteiger partial charge < -0.3 is 15.1 Å². The number of nitriles is 1. The van der Waals surface area contributed by atoms with E-state index < -0.39 is 6.04 Å². The van der Waals surface area contributed by atoms with Crippen molar-refractivity contribution in [2.24, 2.45) is 0 Å². The molecule has 0 radical (unpaired) electrons. The van der Waals surface area contributed by atoms with Crippen LogP contribution in [0.15, 0.2) is 30.5 Å². The summed E-state index contributed by atoms with van der Waals surface area (Å²) in [7, 11) is 0. The highest BCUT2D eigenvalue weighted by atomic mass is 32.1. The van der Waals surface area contributed by atoms with Gasteiger partial charge in [-0.1, -0.05) is 5.92 Å². The molecule has 3 atom stereocenters. The molecule has 1 N–H and O–H groups in total. The second-order valence-electron chi connectivity index (χ2n) is 7.42. The first kappa shape index (κ1) is 18.3. The van der Waals surface area contributed by atoms with E-state index in [1.807, 2.05) is 4.90 Å². The highest BCUT2D eigenvalue weighted by Crippen LogP contribution is 2.43. The van der Waals surface area contributed by atoms with Crippen molar-refractivity contribution in [3.05, 3.63) is 36.0 Å². The summed E-state index contributed by atoms with van der Waals surface area (Å²) in [6.45, 7) is 0.879. The van der Waals surface area contributed by atoms with Gasteiger partial charge in [-0.05, 0) is 42.9 Å². The molecule has 5 rings (SSSR count). The molecule has 3 amide bonds. The van der Waals surface area contributed by atoms with Crippen LogP contribution in [0.25, 0.3) is 10.9 Å². The van der Waals surface area contributed by atoms with Crippen molar-refractivity contribution < 1.29 is 9.59 Å².